The Bertz CT molecular complexity index is 1050. The molecule has 1 amide bonds. The highest BCUT2D eigenvalue weighted by Crippen LogP contribution is 2.25. The van der Waals surface area contributed by atoms with Crippen LogP contribution in [0.3, 0.4) is 0 Å². The summed E-state index contributed by atoms with van der Waals surface area (Å²) >= 11 is 0. The molecule has 3 aromatic rings. The van der Waals surface area contributed by atoms with Crippen LogP contribution in [-0.4, -0.2) is 53.9 Å². The molecule has 0 bridgehead atoms. The average Bonchev–Trinajstić information content (AvgIpc) is 3.17. The van der Waals surface area contributed by atoms with Crippen LogP contribution in [0, 0.1) is 20.8 Å². The fraction of sp³-hybridized carbons (Fsp3) is 0.333. The third-order valence-corrected chi connectivity index (χ3v) is 5.85. The normalized spacial score (nSPS) is 14.1. The first-order chi connectivity index (χ1) is 14.5. The van der Waals surface area contributed by atoms with E-state index < -0.39 is 0 Å². The molecule has 1 saturated heterocycles. The van der Waals surface area contributed by atoms with E-state index in [1.54, 1.807) is 11.8 Å². The number of carbonyl (C=O) groups is 1. The summed E-state index contributed by atoms with van der Waals surface area (Å²) in [7, 11) is 1.64. The van der Waals surface area contributed by atoms with Crippen LogP contribution in [0.5, 0.6) is 5.75 Å². The monoisotopic (exact) mass is 404 g/mol. The maximum Gasteiger partial charge on any atom is 0.272 e. The summed E-state index contributed by atoms with van der Waals surface area (Å²) in [4.78, 5) is 17.6. The highest BCUT2D eigenvalue weighted by molar-refractivity contribution is 5.93. The zero-order chi connectivity index (χ0) is 21.3. The lowest BCUT2D eigenvalue weighted by Gasteiger charge is -2.37. The van der Waals surface area contributed by atoms with Gasteiger partial charge in [0.15, 0.2) is 0 Å². The molecule has 1 fully saturated rings. The minimum Gasteiger partial charge on any atom is -0.497 e. The van der Waals surface area contributed by atoms with Crippen molar-refractivity contribution in [3.63, 3.8) is 0 Å². The largest absolute Gasteiger partial charge is 0.497 e. The van der Waals surface area contributed by atoms with Crippen LogP contribution in [0.4, 0.5) is 5.69 Å². The first kappa shape index (κ1) is 20.0. The first-order valence-corrected chi connectivity index (χ1v) is 10.3. The molecule has 2 aromatic carbocycles. The third kappa shape index (κ3) is 3.77. The van der Waals surface area contributed by atoms with Crippen molar-refractivity contribution in [2.45, 2.75) is 20.8 Å². The van der Waals surface area contributed by atoms with Crippen LogP contribution in [0.15, 0.2) is 48.5 Å². The van der Waals surface area contributed by atoms with Crippen molar-refractivity contribution in [1.29, 1.82) is 0 Å². The number of aryl methyl sites for hydroxylation is 2. The molecule has 0 saturated carbocycles. The van der Waals surface area contributed by atoms with Gasteiger partial charge in [-0.3, -0.25) is 4.79 Å². The Balaban J connectivity index is 1.51. The van der Waals surface area contributed by atoms with Gasteiger partial charge >= 0.3 is 0 Å². The Labute approximate surface area is 177 Å². The number of rotatable bonds is 4. The zero-order valence-electron chi connectivity index (χ0n) is 18.1. The van der Waals surface area contributed by atoms with Crippen LogP contribution in [0.2, 0.25) is 0 Å². The minimum atomic E-state index is 0.0204. The Morgan fingerprint density at radius 2 is 1.67 bits per heavy atom. The fourth-order valence-corrected chi connectivity index (χ4v) is 3.96. The number of amides is 1. The molecule has 1 aliphatic heterocycles. The molecule has 0 unspecified atom stereocenters. The number of anilines is 1. The number of aromatic nitrogens is 2. The van der Waals surface area contributed by atoms with Crippen molar-refractivity contribution < 1.29 is 9.53 Å². The van der Waals surface area contributed by atoms with Crippen molar-refractivity contribution in [3.05, 3.63) is 71.0 Å². The van der Waals surface area contributed by atoms with E-state index in [1.807, 2.05) is 42.2 Å². The van der Waals surface area contributed by atoms with Gasteiger partial charge in [-0.25, -0.2) is 4.68 Å². The molecule has 0 spiro atoms. The number of carbonyl (C=O) groups excluding carboxylic acids is 1. The molecular weight excluding hydrogens is 376 g/mol. The SMILES string of the molecule is COc1ccc(-n2nc(C)cc2C(=O)N2CCN(c3cccc(C)c3C)CC2)cc1. The summed E-state index contributed by atoms with van der Waals surface area (Å²) in [6.07, 6.45) is 0. The van der Waals surface area contributed by atoms with Gasteiger partial charge in [-0.2, -0.15) is 5.10 Å². The van der Waals surface area contributed by atoms with E-state index in [0.717, 1.165) is 30.2 Å². The van der Waals surface area contributed by atoms with E-state index >= 15 is 0 Å². The Kier molecular flexibility index (Phi) is 5.48. The van der Waals surface area contributed by atoms with Crippen molar-refractivity contribution in [3.8, 4) is 11.4 Å². The predicted octanol–water partition coefficient (Wildman–Crippen LogP) is 3.77. The van der Waals surface area contributed by atoms with E-state index in [0.29, 0.717) is 18.8 Å². The topological polar surface area (TPSA) is 50.6 Å². The second-order valence-electron chi connectivity index (χ2n) is 7.78. The molecule has 2 heterocycles. The standard InChI is InChI=1S/C24H28N4O2/c1-17-6-5-7-22(19(17)3)26-12-14-27(15-13-26)24(29)23-16-18(2)25-28(23)20-8-10-21(30-4)11-9-20/h5-11,16H,12-15H2,1-4H3. The number of piperazine rings is 1. The summed E-state index contributed by atoms with van der Waals surface area (Å²) in [5.41, 5.74) is 6.14. The van der Waals surface area contributed by atoms with Gasteiger partial charge in [0, 0.05) is 31.9 Å². The van der Waals surface area contributed by atoms with Gasteiger partial charge < -0.3 is 14.5 Å². The van der Waals surface area contributed by atoms with Crippen molar-refractivity contribution in [2.24, 2.45) is 0 Å². The molecule has 0 atom stereocenters. The molecule has 30 heavy (non-hydrogen) atoms. The molecule has 156 valence electrons. The van der Waals surface area contributed by atoms with E-state index in [4.69, 9.17) is 4.74 Å². The predicted molar refractivity (Wildman–Crippen MR) is 119 cm³/mol. The Morgan fingerprint density at radius 3 is 2.33 bits per heavy atom. The lowest BCUT2D eigenvalue weighted by atomic mass is 10.1. The van der Waals surface area contributed by atoms with Gasteiger partial charge in [0.2, 0.25) is 0 Å². The van der Waals surface area contributed by atoms with Gasteiger partial charge in [-0.05, 0) is 68.3 Å². The number of benzene rings is 2. The van der Waals surface area contributed by atoms with E-state index in [9.17, 15) is 4.79 Å². The summed E-state index contributed by atoms with van der Waals surface area (Å²) < 4.78 is 6.97. The minimum absolute atomic E-state index is 0.0204. The average molecular weight is 405 g/mol. The van der Waals surface area contributed by atoms with Crippen LogP contribution in [-0.2, 0) is 0 Å². The molecule has 1 aliphatic rings. The molecule has 6 nitrogen and oxygen atoms in total. The summed E-state index contributed by atoms with van der Waals surface area (Å²) in [5.74, 6) is 0.796. The smallest absolute Gasteiger partial charge is 0.272 e. The molecular formula is C24H28N4O2. The molecule has 0 radical (unpaired) electrons. The van der Waals surface area contributed by atoms with Crippen molar-refractivity contribution in [1.82, 2.24) is 14.7 Å². The maximum atomic E-state index is 13.3. The number of ether oxygens (including phenoxy) is 1. The van der Waals surface area contributed by atoms with Gasteiger partial charge in [0.1, 0.15) is 11.4 Å². The summed E-state index contributed by atoms with van der Waals surface area (Å²) in [6, 6.07) is 15.9. The number of nitrogens with zero attached hydrogens (tertiary/aromatic N) is 4. The fourth-order valence-electron chi connectivity index (χ4n) is 3.96. The Hall–Kier alpha value is -3.28. The highest BCUT2D eigenvalue weighted by Gasteiger charge is 2.26. The van der Waals surface area contributed by atoms with Crippen LogP contribution < -0.4 is 9.64 Å². The number of hydrogen-bond donors (Lipinski definition) is 0. The zero-order valence-corrected chi connectivity index (χ0v) is 18.1. The number of hydrogen-bond acceptors (Lipinski definition) is 4. The van der Waals surface area contributed by atoms with Crippen LogP contribution in [0.25, 0.3) is 5.69 Å². The highest BCUT2D eigenvalue weighted by atomic mass is 16.5. The maximum absolute atomic E-state index is 13.3. The summed E-state index contributed by atoms with van der Waals surface area (Å²) in [6.45, 7) is 9.25. The first-order valence-electron chi connectivity index (χ1n) is 10.3. The number of methoxy groups -OCH3 is 1. The third-order valence-electron chi connectivity index (χ3n) is 5.85. The second-order valence-corrected chi connectivity index (χ2v) is 7.78. The van der Waals surface area contributed by atoms with Crippen molar-refractivity contribution >= 4 is 11.6 Å². The van der Waals surface area contributed by atoms with Crippen LogP contribution >= 0.6 is 0 Å². The lowest BCUT2D eigenvalue weighted by Crippen LogP contribution is -2.49. The molecule has 0 N–H and O–H groups in total. The van der Waals surface area contributed by atoms with Gasteiger partial charge in [-0.1, -0.05) is 12.1 Å². The Morgan fingerprint density at radius 1 is 0.967 bits per heavy atom. The molecule has 6 heteroatoms. The summed E-state index contributed by atoms with van der Waals surface area (Å²) in [5, 5.41) is 4.55. The van der Waals surface area contributed by atoms with Crippen LogP contribution in [0.1, 0.15) is 27.3 Å². The molecule has 4 rings (SSSR count). The van der Waals surface area contributed by atoms with Gasteiger partial charge in [0.25, 0.3) is 5.91 Å². The van der Waals surface area contributed by atoms with Gasteiger partial charge in [-0.15, -0.1) is 0 Å². The lowest BCUT2D eigenvalue weighted by molar-refractivity contribution is 0.0737. The molecule has 1 aromatic heterocycles. The second kappa shape index (κ2) is 8.22. The molecule has 0 aliphatic carbocycles. The van der Waals surface area contributed by atoms with E-state index in [2.05, 4.69) is 42.0 Å². The van der Waals surface area contributed by atoms with Crippen molar-refractivity contribution in [2.75, 3.05) is 38.2 Å². The van der Waals surface area contributed by atoms with E-state index in [1.165, 1.54) is 16.8 Å². The quantitative estimate of drug-likeness (QED) is 0.664. The van der Waals surface area contributed by atoms with E-state index in [-0.39, 0.29) is 5.91 Å². The van der Waals surface area contributed by atoms with Gasteiger partial charge in [0.05, 0.1) is 18.5 Å².